The summed E-state index contributed by atoms with van der Waals surface area (Å²) in [6.07, 6.45) is -0.996. The fourth-order valence-corrected chi connectivity index (χ4v) is 2.72. The van der Waals surface area contributed by atoms with Crippen molar-refractivity contribution in [1.82, 2.24) is 5.32 Å². The Balaban J connectivity index is 0.00000288. The van der Waals surface area contributed by atoms with Crippen LogP contribution >= 0.6 is 12.4 Å². The molecule has 3 N–H and O–H groups in total. The van der Waals surface area contributed by atoms with Gasteiger partial charge in [-0.15, -0.1) is 12.4 Å². The van der Waals surface area contributed by atoms with Crippen molar-refractivity contribution in [2.75, 3.05) is 13.2 Å². The highest BCUT2D eigenvalue weighted by Gasteiger charge is 2.30. The number of rotatable bonds is 5. The summed E-state index contributed by atoms with van der Waals surface area (Å²) in [6, 6.07) is 4.75. The molecule has 4 nitrogen and oxygen atoms in total. The summed E-state index contributed by atoms with van der Waals surface area (Å²) >= 11 is 0. The Kier molecular flexibility index (Phi) is 7.83. The number of hydrogen-bond donors (Lipinski definition) is 2. The molecule has 2 atom stereocenters. The first kappa shape index (κ1) is 20.6. The second kappa shape index (κ2) is 9.13. The Morgan fingerprint density at radius 2 is 2.08 bits per heavy atom. The number of amides is 1. The molecule has 1 aromatic carbocycles. The van der Waals surface area contributed by atoms with Gasteiger partial charge in [0.15, 0.2) is 0 Å². The molecule has 1 aliphatic carbocycles. The molecule has 136 valence electrons. The van der Waals surface area contributed by atoms with Crippen molar-refractivity contribution >= 4 is 18.3 Å². The SMILES string of the molecule is Cl.NC1CCCC(C(=O)NCCOc2cccc(C(F)(F)F)c2)C1. The van der Waals surface area contributed by atoms with Crippen LogP contribution in [0.15, 0.2) is 24.3 Å². The van der Waals surface area contributed by atoms with Gasteiger partial charge in [0.25, 0.3) is 0 Å². The smallest absolute Gasteiger partial charge is 0.416 e. The van der Waals surface area contributed by atoms with Gasteiger partial charge in [-0.05, 0) is 37.5 Å². The summed E-state index contributed by atoms with van der Waals surface area (Å²) in [5, 5.41) is 2.75. The topological polar surface area (TPSA) is 64.4 Å². The third-order valence-electron chi connectivity index (χ3n) is 3.92. The summed E-state index contributed by atoms with van der Waals surface area (Å²) < 4.78 is 43.0. The highest BCUT2D eigenvalue weighted by Crippen LogP contribution is 2.31. The third-order valence-corrected chi connectivity index (χ3v) is 3.92. The number of nitrogens with two attached hydrogens (primary N) is 1. The lowest BCUT2D eigenvalue weighted by Gasteiger charge is -2.25. The predicted octanol–water partition coefficient (Wildman–Crippen LogP) is 3.14. The van der Waals surface area contributed by atoms with Crippen molar-refractivity contribution in [2.24, 2.45) is 11.7 Å². The van der Waals surface area contributed by atoms with Crippen LogP contribution in [0.1, 0.15) is 31.2 Å². The van der Waals surface area contributed by atoms with Crippen LogP contribution in [0.25, 0.3) is 0 Å². The molecule has 0 heterocycles. The van der Waals surface area contributed by atoms with Gasteiger partial charge in [-0.2, -0.15) is 13.2 Å². The van der Waals surface area contributed by atoms with Gasteiger partial charge in [0.2, 0.25) is 5.91 Å². The van der Waals surface area contributed by atoms with E-state index in [1.54, 1.807) is 0 Å². The van der Waals surface area contributed by atoms with E-state index < -0.39 is 11.7 Å². The maximum atomic E-state index is 12.6. The highest BCUT2D eigenvalue weighted by atomic mass is 35.5. The molecule has 0 bridgehead atoms. The molecular formula is C16H22ClF3N2O2. The van der Waals surface area contributed by atoms with Crippen molar-refractivity contribution < 1.29 is 22.7 Å². The van der Waals surface area contributed by atoms with E-state index in [0.717, 1.165) is 31.4 Å². The number of ether oxygens (including phenoxy) is 1. The summed E-state index contributed by atoms with van der Waals surface area (Å²) in [4.78, 5) is 12.0. The number of alkyl halides is 3. The molecule has 0 aliphatic heterocycles. The van der Waals surface area contributed by atoms with E-state index in [4.69, 9.17) is 10.5 Å². The molecular weight excluding hydrogens is 345 g/mol. The Bertz CT molecular complexity index is 540. The van der Waals surface area contributed by atoms with Crippen molar-refractivity contribution in [3.8, 4) is 5.75 Å². The third kappa shape index (κ3) is 6.20. The average molecular weight is 367 g/mol. The number of carbonyl (C=O) groups is 1. The van der Waals surface area contributed by atoms with Crippen LogP contribution < -0.4 is 15.8 Å². The maximum Gasteiger partial charge on any atom is 0.416 e. The lowest BCUT2D eigenvalue weighted by molar-refractivity contribution is -0.137. The summed E-state index contributed by atoms with van der Waals surface area (Å²) in [7, 11) is 0. The van der Waals surface area contributed by atoms with Crippen LogP contribution in [0.5, 0.6) is 5.75 Å². The molecule has 2 rings (SSSR count). The van der Waals surface area contributed by atoms with Gasteiger partial charge >= 0.3 is 6.18 Å². The van der Waals surface area contributed by atoms with Crippen LogP contribution in [0.4, 0.5) is 13.2 Å². The van der Waals surface area contributed by atoms with E-state index in [1.807, 2.05) is 0 Å². The Hall–Kier alpha value is -1.47. The zero-order valence-electron chi connectivity index (χ0n) is 13.1. The number of nitrogens with one attached hydrogen (secondary N) is 1. The van der Waals surface area contributed by atoms with E-state index in [2.05, 4.69) is 5.32 Å². The number of hydrogen-bond acceptors (Lipinski definition) is 3. The van der Waals surface area contributed by atoms with Gasteiger partial charge in [-0.1, -0.05) is 12.5 Å². The van der Waals surface area contributed by atoms with Gasteiger partial charge in [0, 0.05) is 12.0 Å². The Morgan fingerprint density at radius 1 is 1.33 bits per heavy atom. The Morgan fingerprint density at radius 3 is 2.75 bits per heavy atom. The number of benzene rings is 1. The quantitative estimate of drug-likeness (QED) is 0.787. The van der Waals surface area contributed by atoms with Gasteiger partial charge < -0.3 is 15.8 Å². The lowest BCUT2D eigenvalue weighted by Crippen LogP contribution is -2.39. The largest absolute Gasteiger partial charge is 0.492 e. The monoisotopic (exact) mass is 366 g/mol. The standard InChI is InChI=1S/C16H21F3N2O2.ClH/c17-16(18,19)12-4-2-6-14(10-12)23-8-7-21-15(22)11-3-1-5-13(20)9-11;/h2,4,6,10-11,13H,1,3,5,7-9,20H2,(H,21,22);1H. The van der Waals surface area contributed by atoms with E-state index in [0.29, 0.717) is 6.42 Å². The summed E-state index contributed by atoms with van der Waals surface area (Å²) in [5.41, 5.74) is 5.09. The summed E-state index contributed by atoms with van der Waals surface area (Å²) in [5.74, 6) is -0.00568. The summed E-state index contributed by atoms with van der Waals surface area (Å²) in [6.45, 7) is 0.368. The number of halogens is 4. The minimum Gasteiger partial charge on any atom is -0.492 e. The number of carbonyl (C=O) groups excluding carboxylic acids is 1. The fourth-order valence-electron chi connectivity index (χ4n) is 2.72. The van der Waals surface area contributed by atoms with Gasteiger partial charge in [0.05, 0.1) is 12.1 Å². The van der Waals surface area contributed by atoms with E-state index >= 15 is 0 Å². The second-order valence-corrected chi connectivity index (χ2v) is 5.79. The van der Waals surface area contributed by atoms with E-state index in [-0.39, 0.29) is 49.2 Å². The fraction of sp³-hybridized carbons (Fsp3) is 0.562. The van der Waals surface area contributed by atoms with Crippen LogP contribution in [-0.4, -0.2) is 25.1 Å². The van der Waals surface area contributed by atoms with Crippen molar-refractivity contribution in [3.63, 3.8) is 0 Å². The van der Waals surface area contributed by atoms with Gasteiger partial charge in [-0.25, -0.2) is 0 Å². The molecule has 0 saturated heterocycles. The minimum absolute atomic E-state index is 0. The normalized spacial score (nSPS) is 20.8. The maximum absolute atomic E-state index is 12.6. The average Bonchev–Trinajstić information content (AvgIpc) is 2.51. The van der Waals surface area contributed by atoms with Crippen LogP contribution in [0.2, 0.25) is 0 Å². The lowest BCUT2D eigenvalue weighted by atomic mass is 9.85. The van der Waals surface area contributed by atoms with Crippen LogP contribution in [-0.2, 0) is 11.0 Å². The zero-order valence-corrected chi connectivity index (χ0v) is 14.0. The molecule has 24 heavy (non-hydrogen) atoms. The molecule has 1 aromatic rings. The van der Waals surface area contributed by atoms with E-state index in [9.17, 15) is 18.0 Å². The molecule has 2 unspecified atom stereocenters. The molecule has 1 fully saturated rings. The second-order valence-electron chi connectivity index (χ2n) is 5.79. The molecule has 0 aromatic heterocycles. The van der Waals surface area contributed by atoms with Gasteiger partial charge in [-0.3, -0.25) is 4.79 Å². The van der Waals surface area contributed by atoms with Gasteiger partial charge in [0.1, 0.15) is 12.4 Å². The first-order valence-corrected chi connectivity index (χ1v) is 7.69. The molecule has 1 amide bonds. The van der Waals surface area contributed by atoms with Crippen molar-refractivity contribution in [3.05, 3.63) is 29.8 Å². The Labute approximate surface area is 145 Å². The molecule has 1 aliphatic rings. The molecule has 8 heteroatoms. The van der Waals surface area contributed by atoms with Crippen molar-refractivity contribution in [2.45, 2.75) is 37.9 Å². The molecule has 0 spiro atoms. The first-order chi connectivity index (χ1) is 10.9. The first-order valence-electron chi connectivity index (χ1n) is 7.69. The molecule has 0 radical (unpaired) electrons. The molecule has 1 saturated carbocycles. The predicted molar refractivity (Wildman–Crippen MR) is 87.1 cm³/mol. The van der Waals surface area contributed by atoms with Crippen LogP contribution in [0, 0.1) is 5.92 Å². The van der Waals surface area contributed by atoms with Crippen molar-refractivity contribution in [1.29, 1.82) is 0 Å². The highest BCUT2D eigenvalue weighted by molar-refractivity contribution is 5.85. The van der Waals surface area contributed by atoms with E-state index in [1.165, 1.54) is 12.1 Å². The van der Waals surface area contributed by atoms with Crippen LogP contribution in [0.3, 0.4) is 0 Å². The minimum atomic E-state index is -4.40. The zero-order chi connectivity index (χ0) is 16.9.